The highest BCUT2D eigenvalue weighted by atomic mass is 16.3. The van der Waals surface area contributed by atoms with Crippen LogP contribution in [0, 0.1) is 0 Å². The third-order valence-electron chi connectivity index (χ3n) is 1.36. The minimum absolute atomic E-state index is 0. The topological polar surface area (TPSA) is 89.2 Å². The fourth-order valence-corrected chi connectivity index (χ4v) is 0.781. The van der Waals surface area contributed by atoms with Gasteiger partial charge in [0.15, 0.2) is 11.5 Å². The molecule has 2 N–H and O–H groups in total. The molecule has 5 heteroatoms. The zero-order chi connectivity index (χ0) is 8.97. The molecule has 0 unspecified atom stereocenters. The lowest BCUT2D eigenvalue weighted by Gasteiger charge is -1.98. The molecule has 1 aromatic rings. The lowest BCUT2D eigenvalue weighted by molar-refractivity contribution is 0.403. The number of phenolic OH excluding ortho intramolecular Hbond substituents is 2. The zero-order valence-corrected chi connectivity index (χ0v) is 6.18. The number of nitrogens with zero attached hydrogens (tertiary/aromatic N) is 3. The smallest absolute Gasteiger partial charge is 0.157 e. The molecule has 0 saturated heterocycles. The molecule has 0 radical (unpaired) electrons. The first-order valence-corrected chi connectivity index (χ1v) is 3.26. The quantitative estimate of drug-likeness (QED) is 0.317. The van der Waals surface area contributed by atoms with Crippen LogP contribution >= 0.6 is 0 Å². The normalized spacial score (nSPS) is 8.31. The average Bonchev–Trinajstić information content (AvgIpc) is 2.07. The van der Waals surface area contributed by atoms with Crippen molar-refractivity contribution in [1.82, 2.24) is 0 Å². The Hall–Kier alpha value is -1.87. The highest BCUT2D eigenvalue weighted by molar-refractivity contribution is 5.40. The second kappa shape index (κ2) is 4.90. The van der Waals surface area contributed by atoms with Crippen LogP contribution in [0.3, 0.4) is 0 Å². The second-order valence-electron chi connectivity index (χ2n) is 2.21. The number of hydrogen-bond donors (Lipinski definition) is 2. The Bertz CT molecular complexity index is 332. The van der Waals surface area contributed by atoms with Gasteiger partial charge >= 0.3 is 0 Å². The predicted octanol–water partition coefficient (Wildman–Crippen LogP) is 2.54. The molecule has 70 valence electrons. The van der Waals surface area contributed by atoms with Crippen LogP contribution in [0.2, 0.25) is 0 Å². The number of hydrogen-bond acceptors (Lipinski definition) is 3. The highest BCUT2D eigenvalue weighted by Gasteiger charge is 1.98. The molecule has 1 rings (SSSR count). The Kier molecular flexibility index (Phi) is 4.19. The van der Waals surface area contributed by atoms with Crippen LogP contribution in [0.15, 0.2) is 23.3 Å². The highest BCUT2D eigenvalue weighted by Crippen LogP contribution is 2.24. The standard InChI is InChI=1S/C7H7N3O2.CH4/c8-10-9-4-5-1-2-6(11)7(12)3-5;/h1-3,11-12H,4H2;1H4. The van der Waals surface area contributed by atoms with Crippen molar-refractivity contribution in [2.45, 2.75) is 14.0 Å². The second-order valence-corrected chi connectivity index (χ2v) is 2.21. The number of benzene rings is 1. The van der Waals surface area contributed by atoms with E-state index in [0.717, 1.165) is 0 Å². The van der Waals surface area contributed by atoms with Gasteiger partial charge in [-0.05, 0) is 23.2 Å². The molecule has 0 amide bonds. The van der Waals surface area contributed by atoms with Crippen molar-refractivity contribution in [3.05, 3.63) is 34.2 Å². The number of aromatic hydroxyl groups is 2. The summed E-state index contributed by atoms with van der Waals surface area (Å²) >= 11 is 0. The van der Waals surface area contributed by atoms with E-state index in [4.69, 9.17) is 15.7 Å². The minimum Gasteiger partial charge on any atom is -0.504 e. The molecule has 5 nitrogen and oxygen atoms in total. The summed E-state index contributed by atoms with van der Waals surface area (Å²) in [7, 11) is 0. The van der Waals surface area contributed by atoms with E-state index in [-0.39, 0.29) is 25.5 Å². The number of phenols is 2. The Morgan fingerprint density at radius 2 is 2.00 bits per heavy atom. The van der Waals surface area contributed by atoms with E-state index in [1.54, 1.807) is 6.07 Å². The molecule has 0 heterocycles. The zero-order valence-electron chi connectivity index (χ0n) is 6.18. The third-order valence-corrected chi connectivity index (χ3v) is 1.36. The molecule has 0 bridgehead atoms. The van der Waals surface area contributed by atoms with Crippen LogP contribution in [0.25, 0.3) is 10.4 Å². The Balaban J connectivity index is 0.00000144. The Morgan fingerprint density at radius 3 is 2.54 bits per heavy atom. The van der Waals surface area contributed by atoms with Crippen LogP contribution in [0.5, 0.6) is 11.5 Å². The van der Waals surface area contributed by atoms with Crippen LogP contribution in [0.1, 0.15) is 13.0 Å². The molecule has 13 heavy (non-hydrogen) atoms. The van der Waals surface area contributed by atoms with Crippen LogP contribution in [-0.4, -0.2) is 10.2 Å². The Morgan fingerprint density at radius 1 is 1.31 bits per heavy atom. The molecular formula is C8H11N3O2. The van der Waals surface area contributed by atoms with Crippen molar-refractivity contribution in [3.63, 3.8) is 0 Å². The van der Waals surface area contributed by atoms with E-state index in [1.165, 1.54) is 12.1 Å². The molecule has 0 aliphatic rings. The third kappa shape index (κ3) is 2.92. The van der Waals surface area contributed by atoms with Gasteiger partial charge in [-0.3, -0.25) is 0 Å². The first-order chi connectivity index (χ1) is 5.74. The van der Waals surface area contributed by atoms with Crippen molar-refractivity contribution < 1.29 is 10.2 Å². The lowest BCUT2D eigenvalue weighted by Crippen LogP contribution is -1.79. The number of azide groups is 1. The van der Waals surface area contributed by atoms with E-state index < -0.39 is 0 Å². The molecule has 0 atom stereocenters. The fourth-order valence-electron chi connectivity index (χ4n) is 0.781. The summed E-state index contributed by atoms with van der Waals surface area (Å²) in [6.07, 6.45) is 0. The van der Waals surface area contributed by atoms with Gasteiger partial charge in [0, 0.05) is 4.91 Å². The molecule has 0 aliphatic heterocycles. The van der Waals surface area contributed by atoms with Crippen molar-refractivity contribution >= 4 is 0 Å². The van der Waals surface area contributed by atoms with Gasteiger partial charge in [-0.2, -0.15) is 0 Å². The van der Waals surface area contributed by atoms with Gasteiger partial charge < -0.3 is 10.2 Å². The van der Waals surface area contributed by atoms with Gasteiger partial charge in [-0.1, -0.05) is 18.6 Å². The van der Waals surface area contributed by atoms with Gasteiger partial charge in [-0.25, -0.2) is 0 Å². The molecule has 1 aromatic carbocycles. The molecule has 0 aromatic heterocycles. The molecule has 0 aliphatic carbocycles. The lowest BCUT2D eigenvalue weighted by atomic mass is 10.2. The van der Waals surface area contributed by atoms with Crippen LogP contribution < -0.4 is 0 Å². The summed E-state index contributed by atoms with van der Waals surface area (Å²) in [4.78, 5) is 2.56. The van der Waals surface area contributed by atoms with Gasteiger partial charge in [0.2, 0.25) is 0 Å². The molecular weight excluding hydrogens is 170 g/mol. The summed E-state index contributed by atoms with van der Waals surface area (Å²) in [6, 6.07) is 4.27. The summed E-state index contributed by atoms with van der Waals surface area (Å²) in [5, 5.41) is 21.2. The van der Waals surface area contributed by atoms with E-state index in [2.05, 4.69) is 10.0 Å². The Labute approximate surface area is 75.9 Å². The SMILES string of the molecule is C.[N-]=[N+]=NCc1ccc(O)c(O)c1. The van der Waals surface area contributed by atoms with Crippen LogP contribution in [0.4, 0.5) is 0 Å². The van der Waals surface area contributed by atoms with Gasteiger partial charge in [0.05, 0.1) is 6.54 Å². The maximum Gasteiger partial charge on any atom is 0.157 e. The molecule has 0 spiro atoms. The minimum atomic E-state index is -0.208. The average molecular weight is 181 g/mol. The maximum absolute atomic E-state index is 9.01. The predicted molar refractivity (Wildman–Crippen MR) is 49.4 cm³/mol. The maximum atomic E-state index is 9.01. The number of rotatable bonds is 2. The molecule has 0 fully saturated rings. The van der Waals surface area contributed by atoms with E-state index in [9.17, 15) is 0 Å². The first-order valence-electron chi connectivity index (χ1n) is 3.26. The fraction of sp³-hybridized carbons (Fsp3) is 0.250. The summed E-state index contributed by atoms with van der Waals surface area (Å²) in [5.41, 5.74) is 8.65. The van der Waals surface area contributed by atoms with Crippen molar-refractivity contribution in [2.75, 3.05) is 0 Å². The van der Waals surface area contributed by atoms with Gasteiger partial charge in [0.25, 0.3) is 0 Å². The van der Waals surface area contributed by atoms with Crippen molar-refractivity contribution in [2.24, 2.45) is 5.11 Å². The first kappa shape index (κ1) is 11.1. The van der Waals surface area contributed by atoms with Crippen molar-refractivity contribution in [3.8, 4) is 11.5 Å². The van der Waals surface area contributed by atoms with E-state index in [0.29, 0.717) is 5.56 Å². The van der Waals surface area contributed by atoms with Crippen LogP contribution in [-0.2, 0) is 6.54 Å². The largest absolute Gasteiger partial charge is 0.504 e. The summed E-state index contributed by atoms with van der Waals surface area (Å²) in [6.45, 7) is 0.171. The van der Waals surface area contributed by atoms with E-state index >= 15 is 0 Å². The molecule has 0 saturated carbocycles. The van der Waals surface area contributed by atoms with Gasteiger partial charge in [0.1, 0.15) is 0 Å². The van der Waals surface area contributed by atoms with Gasteiger partial charge in [-0.15, -0.1) is 0 Å². The summed E-state index contributed by atoms with van der Waals surface area (Å²) in [5.74, 6) is -0.389. The summed E-state index contributed by atoms with van der Waals surface area (Å²) < 4.78 is 0. The van der Waals surface area contributed by atoms with Crippen molar-refractivity contribution in [1.29, 1.82) is 0 Å². The van der Waals surface area contributed by atoms with E-state index in [1.807, 2.05) is 0 Å². The monoisotopic (exact) mass is 181 g/mol.